The number of aryl methyl sites for hydroxylation is 1. The van der Waals surface area contributed by atoms with Gasteiger partial charge in [0.2, 0.25) is 0 Å². The summed E-state index contributed by atoms with van der Waals surface area (Å²) in [5.41, 5.74) is 1.79. The summed E-state index contributed by atoms with van der Waals surface area (Å²) in [6, 6.07) is 12.6. The molecule has 7 heteroatoms. The molecule has 0 radical (unpaired) electrons. The van der Waals surface area contributed by atoms with Crippen molar-refractivity contribution < 1.29 is 21.7 Å². The van der Waals surface area contributed by atoms with Gasteiger partial charge >= 0.3 is 10.1 Å². The summed E-state index contributed by atoms with van der Waals surface area (Å²) in [5.74, 6) is -0.326. The minimum atomic E-state index is -3.93. The Morgan fingerprint density at radius 3 is 2.23 bits per heavy atom. The number of piperidine rings is 1. The molecular weight excluding hydrogens is 377 g/mol. The van der Waals surface area contributed by atoms with E-state index in [-0.39, 0.29) is 20.7 Å². The molecule has 1 fully saturated rings. The zero-order valence-electron chi connectivity index (χ0n) is 14.6. The van der Waals surface area contributed by atoms with Crippen molar-refractivity contribution in [1.29, 1.82) is 0 Å². The van der Waals surface area contributed by atoms with Gasteiger partial charge in [0.25, 0.3) is 0 Å². The van der Waals surface area contributed by atoms with E-state index in [1.807, 2.05) is 6.92 Å². The van der Waals surface area contributed by atoms with Crippen LogP contribution in [0.25, 0.3) is 0 Å². The standard InChI is InChI=1S/C19H22ClFNO3S/c1-15-2-8-19(9-3-15)26(23,24)25-22(12-10-17(20)11-13-22)14-16-4-6-18(21)7-5-16/h2-9,17H,10-14H2,1H3/q+1. The third-order valence-electron chi connectivity index (χ3n) is 4.65. The molecule has 1 aliphatic rings. The molecule has 0 atom stereocenters. The molecule has 0 N–H and O–H groups in total. The van der Waals surface area contributed by atoms with Gasteiger partial charge in [0, 0.05) is 23.8 Å². The van der Waals surface area contributed by atoms with Crippen molar-refractivity contribution >= 4 is 21.7 Å². The Hall–Kier alpha value is -1.47. The van der Waals surface area contributed by atoms with E-state index >= 15 is 0 Å². The van der Waals surface area contributed by atoms with Crippen molar-refractivity contribution in [3.63, 3.8) is 0 Å². The number of rotatable bonds is 5. The number of hydroxylamine groups is 3. The normalized spacial score (nSPS) is 23.7. The second-order valence-electron chi connectivity index (χ2n) is 6.81. The number of halogens is 2. The largest absolute Gasteiger partial charge is 0.342 e. The van der Waals surface area contributed by atoms with Crippen molar-refractivity contribution in [3.05, 3.63) is 65.5 Å². The Bertz CT molecular complexity index is 845. The molecule has 0 bridgehead atoms. The van der Waals surface area contributed by atoms with Gasteiger partial charge in [-0.2, -0.15) is 13.1 Å². The Morgan fingerprint density at radius 2 is 1.65 bits per heavy atom. The van der Waals surface area contributed by atoms with Crippen LogP contribution in [0.4, 0.5) is 4.39 Å². The molecule has 140 valence electrons. The molecule has 1 heterocycles. The van der Waals surface area contributed by atoms with E-state index in [0.29, 0.717) is 32.5 Å². The lowest BCUT2D eigenvalue weighted by molar-refractivity contribution is -1.09. The SMILES string of the molecule is Cc1ccc(S(=O)(=O)O[N+]2(Cc3ccc(F)cc3)CCC(Cl)CC2)cc1. The molecule has 1 saturated heterocycles. The van der Waals surface area contributed by atoms with Crippen molar-refractivity contribution in [3.8, 4) is 0 Å². The lowest BCUT2D eigenvalue weighted by Crippen LogP contribution is -2.53. The van der Waals surface area contributed by atoms with Gasteiger partial charge in [0.15, 0.2) is 0 Å². The smallest absolute Gasteiger partial charge is 0.207 e. The van der Waals surface area contributed by atoms with E-state index in [4.69, 9.17) is 15.9 Å². The maximum Gasteiger partial charge on any atom is 0.342 e. The summed E-state index contributed by atoms with van der Waals surface area (Å²) in [7, 11) is -3.93. The Kier molecular flexibility index (Phi) is 5.67. The molecule has 0 saturated carbocycles. The number of likely N-dealkylation sites (tertiary alicyclic amines) is 1. The molecule has 0 aromatic heterocycles. The number of alkyl halides is 1. The van der Waals surface area contributed by atoms with E-state index in [1.54, 1.807) is 36.4 Å². The average Bonchev–Trinajstić information content (AvgIpc) is 2.60. The zero-order valence-corrected chi connectivity index (χ0v) is 16.1. The number of nitrogens with zero attached hydrogens (tertiary/aromatic N) is 1. The second kappa shape index (κ2) is 7.64. The van der Waals surface area contributed by atoms with E-state index in [1.165, 1.54) is 12.1 Å². The quantitative estimate of drug-likeness (QED) is 0.560. The van der Waals surface area contributed by atoms with Crippen LogP contribution < -0.4 is 0 Å². The molecule has 2 aromatic carbocycles. The molecule has 2 aromatic rings. The molecule has 3 rings (SSSR count). The van der Waals surface area contributed by atoms with Crippen LogP contribution in [0.5, 0.6) is 0 Å². The van der Waals surface area contributed by atoms with Gasteiger partial charge in [0.1, 0.15) is 25.5 Å². The van der Waals surface area contributed by atoms with E-state index in [9.17, 15) is 12.8 Å². The third kappa shape index (κ3) is 4.62. The van der Waals surface area contributed by atoms with Crippen molar-refractivity contribution in [2.45, 2.75) is 36.6 Å². The lowest BCUT2D eigenvalue weighted by Gasteiger charge is -2.38. The van der Waals surface area contributed by atoms with Crippen LogP contribution in [0.15, 0.2) is 53.4 Å². The fourth-order valence-electron chi connectivity index (χ4n) is 3.14. The molecule has 4 nitrogen and oxygen atoms in total. The highest BCUT2D eigenvalue weighted by molar-refractivity contribution is 7.86. The maximum atomic E-state index is 13.2. The molecule has 26 heavy (non-hydrogen) atoms. The van der Waals surface area contributed by atoms with E-state index < -0.39 is 10.1 Å². The molecule has 1 aliphatic heterocycles. The van der Waals surface area contributed by atoms with E-state index in [0.717, 1.165) is 11.1 Å². The highest BCUT2D eigenvalue weighted by Gasteiger charge is 2.41. The number of hydrogen-bond donors (Lipinski definition) is 0. The van der Waals surface area contributed by atoms with Crippen LogP contribution in [-0.2, 0) is 20.9 Å². The van der Waals surface area contributed by atoms with Gasteiger partial charge in [-0.05, 0) is 31.2 Å². The van der Waals surface area contributed by atoms with Gasteiger partial charge < -0.3 is 0 Å². The predicted molar refractivity (Wildman–Crippen MR) is 98.4 cm³/mol. The van der Waals surface area contributed by atoms with Crippen LogP contribution in [0.1, 0.15) is 24.0 Å². The maximum absolute atomic E-state index is 13.2. The van der Waals surface area contributed by atoms with Crippen LogP contribution >= 0.6 is 11.6 Å². The summed E-state index contributed by atoms with van der Waals surface area (Å²) >= 11 is 6.21. The first kappa shape index (κ1) is 19.3. The van der Waals surface area contributed by atoms with Crippen LogP contribution in [0.2, 0.25) is 0 Å². The highest BCUT2D eigenvalue weighted by Crippen LogP contribution is 2.30. The number of quaternary nitrogens is 1. The predicted octanol–water partition coefficient (Wildman–Crippen LogP) is 4.17. The van der Waals surface area contributed by atoms with Crippen molar-refractivity contribution in [2.75, 3.05) is 13.1 Å². The molecule has 0 aliphatic carbocycles. The van der Waals surface area contributed by atoms with Crippen molar-refractivity contribution in [2.24, 2.45) is 0 Å². The molecule has 0 spiro atoms. The summed E-state index contributed by atoms with van der Waals surface area (Å²) in [5, 5.41) is 0.0140. The van der Waals surface area contributed by atoms with Gasteiger partial charge in [-0.3, -0.25) is 0 Å². The zero-order chi connectivity index (χ0) is 18.8. The van der Waals surface area contributed by atoms with Crippen molar-refractivity contribution in [1.82, 2.24) is 0 Å². The number of hydrogen-bond acceptors (Lipinski definition) is 3. The first-order chi connectivity index (χ1) is 12.3. The molecular formula is C19H22ClFNO3S+. The summed E-state index contributed by atoms with van der Waals surface area (Å²) < 4.78 is 44.5. The number of benzene rings is 2. The van der Waals surface area contributed by atoms with Gasteiger partial charge in [0.05, 0.1) is 4.90 Å². The topological polar surface area (TPSA) is 43.4 Å². The first-order valence-corrected chi connectivity index (χ1v) is 10.4. The average molecular weight is 399 g/mol. The second-order valence-corrected chi connectivity index (χ2v) is 8.95. The van der Waals surface area contributed by atoms with E-state index in [2.05, 4.69) is 0 Å². The lowest BCUT2D eigenvalue weighted by atomic mass is 10.1. The highest BCUT2D eigenvalue weighted by atomic mass is 35.5. The Labute approximate surface area is 158 Å². The fraction of sp³-hybridized carbons (Fsp3) is 0.368. The minimum Gasteiger partial charge on any atom is -0.207 e. The summed E-state index contributed by atoms with van der Waals surface area (Å²) in [6.45, 7) is 3.20. The third-order valence-corrected chi connectivity index (χ3v) is 6.45. The van der Waals surface area contributed by atoms with Gasteiger partial charge in [-0.15, -0.1) is 11.6 Å². The summed E-state index contributed by atoms with van der Waals surface area (Å²) in [4.78, 5) is 0.132. The minimum absolute atomic E-state index is 0.0140. The van der Waals surface area contributed by atoms with Crippen LogP contribution in [0, 0.1) is 12.7 Å². The monoisotopic (exact) mass is 398 g/mol. The Morgan fingerprint density at radius 1 is 1.08 bits per heavy atom. The van der Waals surface area contributed by atoms with Crippen LogP contribution in [-0.4, -0.2) is 31.5 Å². The first-order valence-electron chi connectivity index (χ1n) is 8.56. The molecule has 0 unspecified atom stereocenters. The van der Waals surface area contributed by atoms with Crippen LogP contribution in [0.3, 0.4) is 0 Å². The van der Waals surface area contributed by atoms with Gasteiger partial charge in [-0.1, -0.05) is 34.1 Å². The van der Waals surface area contributed by atoms with Gasteiger partial charge in [-0.25, -0.2) is 4.39 Å². The molecule has 0 amide bonds. The fourth-order valence-corrected chi connectivity index (χ4v) is 4.51. The summed E-state index contributed by atoms with van der Waals surface area (Å²) in [6.07, 6.45) is 1.32. The Balaban J connectivity index is 1.88.